The Morgan fingerprint density at radius 1 is 1.04 bits per heavy atom. The molecular formula is C20H22N4O2. The molecule has 1 amide bonds. The monoisotopic (exact) mass is 350 g/mol. The molecule has 0 fully saturated rings. The van der Waals surface area contributed by atoms with Crippen molar-refractivity contribution in [2.45, 2.75) is 39.4 Å². The summed E-state index contributed by atoms with van der Waals surface area (Å²) in [5, 5.41) is 8.43. The number of hydrogen-bond donors (Lipinski definition) is 0. The lowest BCUT2D eigenvalue weighted by Crippen LogP contribution is -2.47. The van der Waals surface area contributed by atoms with Crippen molar-refractivity contribution in [3.05, 3.63) is 70.5 Å². The van der Waals surface area contributed by atoms with Crippen LogP contribution in [0.2, 0.25) is 0 Å². The second kappa shape index (κ2) is 7.07. The van der Waals surface area contributed by atoms with E-state index in [-0.39, 0.29) is 23.6 Å². The fraction of sp³-hybridized carbons (Fsp3) is 0.300. The molecule has 1 heterocycles. The van der Waals surface area contributed by atoms with Crippen molar-refractivity contribution < 1.29 is 4.79 Å². The molecule has 134 valence electrons. The smallest absolute Gasteiger partial charge is 0.278 e. The predicted molar refractivity (Wildman–Crippen MR) is 101 cm³/mol. The minimum atomic E-state index is -0.388. The third kappa shape index (κ3) is 3.79. The van der Waals surface area contributed by atoms with Gasteiger partial charge in [0.25, 0.3) is 5.56 Å². The van der Waals surface area contributed by atoms with Crippen LogP contribution >= 0.6 is 0 Å². The number of carbonyl (C=O) groups is 1. The molecule has 0 atom stereocenters. The van der Waals surface area contributed by atoms with Gasteiger partial charge in [0.2, 0.25) is 5.91 Å². The van der Waals surface area contributed by atoms with Crippen molar-refractivity contribution in [3.8, 4) is 0 Å². The lowest BCUT2D eigenvalue weighted by Gasteiger charge is -2.36. The normalized spacial score (nSPS) is 11.5. The molecule has 3 aromatic rings. The van der Waals surface area contributed by atoms with Crippen molar-refractivity contribution in [3.63, 3.8) is 0 Å². The van der Waals surface area contributed by atoms with E-state index in [2.05, 4.69) is 10.3 Å². The average Bonchev–Trinajstić information content (AvgIpc) is 2.62. The van der Waals surface area contributed by atoms with Gasteiger partial charge >= 0.3 is 0 Å². The molecule has 6 heteroatoms. The van der Waals surface area contributed by atoms with E-state index in [4.69, 9.17) is 0 Å². The summed E-state index contributed by atoms with van der Waals surface area (Å²) >= 11 is 0. The van der Waals surface area contributed by atoms with Gasteiger partial charge in [0.1, 0.15) is 12.1 Å². The molecule has 0 saturated carbocycles. The highest BCUT2D eigenvalue weighted by Crippen LogP contribution is 2.18. The van der Waals surface area contributed by atoms with Crippen molar-refractivity contribution in [1.82, 2.24) is 19.9 Å². The minimum absolute atomic E-state index is 0.138. The third-order valence-corrected chi connectivity index (χ3v) is 4.21. The van der Waals surface area contributed by atoms with Gasteiger partial charge in [-0.15, -0.1) is 5.10 Å². The Bertz CT molecular complexity index is 974. The quantitative estimate of drug-likeness (QED) is 0.725. The van der Waals surface area contributed by atoms with Gasteiger partial charge in [0.05, 0.1) is 5.39 Å². The van der Waals surface area contributed by atoms with E-state index in [0.717, 1.165) is 10.2 Å². The summed E-state index contributed by atoms with van der Waals surface area (Å²) in [6, 6.07) is 16.8. The Labute approximate surface area is 152 Å². The summed E-state index contributed by atoms with van der Waals surface area (Å²) < 4.78 is 1.13. The summed E-state index contributed by atoms with van der Waals surface area (Å²) in [6.45, 7) is 6.26. The van der Waals surface area contributed by atoms with Crippen molar-refractivity contribution in [2.75, 3.05) is 0 Å². The molecule has 0 spiro atoms. The molecule has 0 aliphatic heterocycles. The number of amides is 1. The maximum atomic E-state index is 13.0. The molecular weight excluding hydrogens is 328 g/mol. The molecule has 6 nitrogen and oxygen atoms in total. The van der Waals surface area contributed by atoms with Crippen LogP contribution in [0.4, 0.5) is 0 Å². The highest BCUT2D eigenvalue weighted by atomic mass is 16.2. The van der Waals surface area contributed by atoms with Crippen molar-refractivity contribution >= 4 is 16.8 Å². The molecule has 0 radical (unpaired) electrons. The van der Waals surface area contributed by atoms with E-state index in [1.807, 2.05) is 51.1 Å². The number of rotatable bonds is 4. The van der Waals surface area contributed by atoms with Gasteiger partial charge in [-0.2, -0.15) is 0 Å². The first-order valence-corrected chi connectivity index (χ1v) is 8.53. The lowest BCUT2D eigenvalue weighted by atomic mass is 10.0. The standard InChI is InChI=1S/C20H22N4O2/c1-20(2,3)23(13-15-9-5-4-6-10-15)18(25)14-24-19(26)16-11-7-8-12-17(16)21-22-24/h4-12H,13-14H2,1-3H3. The molecule has 0 saturated heterocycles. The Balaban J connectivity index is 1.88. The van der Waals surface area contributed by atoms with Crippen LogP contribution in [0.5, 0.6) is 0 Å². The van der Waals surface area contributed by atoms with Gasteiger partial charge in [0.15, 0.2) is 0 Å². The fourth-order valence-electron chi connectivity index (χ4n) is 2.81. The molecule has 0 unspecified atom stereocenters. The Morgan fingerprint density at radius 3 is 2.38 bits per heavy atom. The number of fused-ring (bicyclic) bond motifs is 1. The number of carbonyl (C=O) groups excluding carboxylic acids is 1. The predicted octanol–water partition coefficient (Wildman–Crippen LogP) is 2.62. The van der Waals surface area contributed by atoms with E-state index in [1.54, 1.807) is 29.2 Å². The van der Waals surface area contributed by atoms with Gasteiger partial charge in [-0.25, -0.2) is 4.68 Å². The van der Waals surface area contributed by atoms with E-state index >= 15 is 0 Å². The van der Waals surface area contributed by atoms with E-state index in [1.165, 1.54) is 0 Å². The Kier molecular flexibility index (Phi) is 4.84. The highest BCUT2D eigenvalue weighted by Gasteiger charge is 2.27. The molecule has 0 aliphatic carbocycles. The Morgan fingerprint density at radius 2 is 1.69 bits per heavy atom. The SMILES string of the molecule is CC(C)(C)N(Cc1ccccc1)C(=O)Cn1nnc2ccccc2c1=O. The molecule has 0 N–H and O–H groups in total. The molecule has 0 bridgehead atoms. The summed E-state index contributed by atoms with van der Waals surface area (Å²) in [4.78, 5) is 27.3. The van der Waals surface area contributed by atoms with Crippen LogP contribution in [0.1, 0.15) is 26.3 Å². The first-order valence-electron chi connectivity index (χ1n) is 8.53. The second-order valence-corrected chi connectivity index (χ2v) is 7.21. The lowest BCUT2D eigenvalue weighted by molar-refractivity contribution is -0.137. The second-order valence-electron chi connectivity index (χ2n) is 7.21. The van der Waals surface area contributed by atoms with Gasteiger partial charge in [-0.1, -0.05) is 47.7 Å². The Hall–Kier alpha value is -3.02. The number of aromatic nitrogens is 3. The first-order chi connectivity index (χ1) is 12.4. The van der Waals surface area contributed by atoms with Crippen LogP contribution in [0.25, 0.3) is 10.9 Å². The van der Waals surface area contributed by atoms with Crippen LogP contribution in [-0.4, -0.2) is 31.3 Å². The van der Waals surface area contributed by atoms with Crippen LogP contribution in [0.15, 0.2) is 59.4 Å². The fourth-order valence-corrected chi connectivity index (χ4v) is 2.81. The largest absolute Gasteiger partial charge is 0.332 e. The third-order valence-electron chi connectivity index (χ3n) is 4.21. The van der Waals surface area contributed by atoms with Gasteiger partial charge in [0, 0.05) is 12.1 Å². The average molecular weight is 350 g/mol. The molecule has 26 heavy (non-hydrogen) atoms. The maximum Gasteiger partial charge on any atom is 0.278 e. The molecule has 2 aromatic carbocycles. The topological polar surface area (TPSA) is 68.1 Å². The van der Waals surface area contributed by atoms with Crippen LogP contribution in [0, 0.1) is 0 Å². The van der Waals surface area contributed by atoms with E-state index in [0.29, 0.717) is 17.4 Å². The number of hydrogen-bond acceptors (Lipinski definition) is 4. The van der Waals surface area contributed by atoms with E-state index < -0.39 is 0 Å². The maximum absolute atomic E-state index is 13.0. The molecule has 0 aliphatic rings. The van der Waals surface area contributed by atoms with Crippen molar-refractivity contribution in [2.24, 2.45) is 0 Å². The van der Waals surface area contributed by atoms with Gasteiger partial charge in [-0.05, 0) is 38.5 Å². The van der Waals surface area contributed by atoms with Crippen LogP contribution in [0.3, 0.4) is 0 Å². The summed E-state index contributed by atoms with van der Waals surface area (Å²) in [7, 11) is 0. The van der Waals surface area contributed by atoms with Crippen molar-refractivity contribution in [1.29, 1.82) is 0 Å². The highest BCUT2D eigenvalue weighted by molar-refractivity contribution is 5.78. The first kappa shape index (κ1) is 17.8. The summed E-state index contributed by atoms with van der Waals surface area (Å²) in [5.41, 5.74) is 0.865. The van der Waals surface area contributed by atoms with E-state index in [9.17, 15) is 9.59 Å². The summed E-state index contributed by atoms with van der Waals surface area (Å²) in [5.74, 6) is -0.173. The van der Waals surface area contributed by atoms with Crippen LogP contribution in [-0.2, 0) is 17.9 Å². The zero-order valence-electron chi connectivity index (χ0n) is 15.2. The number of nitrogens with zero attached hydrogens (tertiary/aromatic N) is 4. The summed E-state index contributed by atoms with van der Waals surface area (Å²) in [6.07, 6.45) is 0. The zero-order valence-corrected chi connectivity index (χ0v) is 15.2. The number of benzene rings is 2. The van der Waals surface area contributed by atoms with Crippen LogP contribution < -0.4 is 5.56 Å². The van der Waals surface area contributed by atoms with Gasteiger partial charge < -0.3 is 4.90 Å². The molecule has 3 rings (SSSR count). The minimum Gasteiger partial charge on any atom is -0.332 e. The molecule has 1 aromatic heterocycles. The zero-order chi connectivity index (χ0) is 18.7. The van der Waals surface area contributed by atoms with Gasteiger partial charge in [-0.3, -0.25) is 9.59 Å².